The summed E-state index contributed by atoms with van der Waals surface area (Å²) in [6.45, 7) is 0. The topological polar surface area (TPSA) is 125 Å². The van der Waals surface area contributed by atoms with E-state index in [4.69, 9.17) is 22.1 Å². The Hall–Kier alpha value is -3.99. The summed E-state index contributed by atoms with van der Waals surface area (Å²) in [5.74, 6) is -1.21. The van der Waals surface area contributed by atoms with E-state index in [2.05, 4.69) is 41.9 Å². The predicted molar refractivity (Wildman–Crippen MR) is 166 cm³/mol. The maximum Gasteiger partial charge on any atom is 0.340 e. The van der Waals surface area contributed by atoms with Crippen molar-refractivity contribution in [3.63, 3.8) is 0 Å². The van der Waals surface area contributed by atoms with Crippen LogP contribution in [0.15, 0.2) is 106 Å². The molecule has 0 bridgehead atoms. The van der Waals surface area contributed by atoms with Crippen LogP contribution in [0.3, 0.4) is 0 Å². The molecule has 8 nitrogen and oxygen atoms in total. The number of benzene rings is 4. The summed E-state index contributed by atoms with van der Waals surface area (Å²) in [4.78, 5) is 45.3. The molecule has 4 rings (SSSR count). The van der Waals surface area contributed by atoms with E-state index >= 15 is 0 Å². The second-order valence-corrected chi connectivity index (χ2v) is 10.0. The molecule has 0 aliphatic rings. The number of nitrogen functional groups attached to an aromatic ring is 1. The summed E-state index contributed by atoms with van der Waals surface area (Å²) in [7, 11) is 2.62. The normalized spacial score (nSPS) is 9.59. The van der Waals surface area contributed by atoms with Crippen LogP contribution in [0.4, 0.5) is 11.4 Å². The third kappa shape index (κ3) is 10.8. The van der Waals surface area contributed by atoms with E-state index in [1.54, 1.807) is 84.9 Å². The molecule has 11 heteroatoms. The van der Waals surface area contributed by atoms with Gasteiger partial charge in [-0.05, 0) is 60.1 Å². The molecule has 1 amide bonds. The van der Waals surface area contributed by atoms with Crippen LogP contribution in [-0.2, 0) is 9.47 Å². The van der Waals surface area contributed by atoms with E-state index < -0.39 is 17.2 Å². The first-order chi connectivity index (χ1) is 19.6. The zero-order chi connectivity index (χ0) is 30.4. The number of carbonyl (C=O) groups is 4. The smallest absolute Gasteiger partial charge is 0.340 e. The fourth-order valence-corrected chi connectivity index (χ4v) is 3.92. The molecule has 0 aliphatic heterocycles. The lowest BCUT2D eigenvalue weighted by Gasteiger charge is -2.10. The monoisotopic (exact) mass is 702 g/mol. The van der Waals surface area contributed by atoms with Gasteiger partial charge in [0.25, 0.3) is 11.1 Å². The summed E-state index contributed by atoms with van der Waals surface area (Å²) in [5.41, 5.74) is 8.12. The minimum absolute atomic E-state index is 0.280. The van der Waals surface area contributed by atoms with E-state index in [0.29, 0.717) is 33.6 Å². The molecule has 0 spiro atoms. The Morgan fingerprint density at radius 3 is 1.63 bits per heavy atom. The van der Waals surface area contributed by atoms with Crippen LogP contribution >= 0.6 is 43.5 Å². The molecule has 3 N–H and O–H groups in total. The first kappa shape index (κ1) is 33.2. The number of carbonyl (C=O) groups excluding carboxylic acids is 4. The molecule has 212 valence electrons. The summed E-state index contributed by atoms with van der Waals surface area (Å²) >= 11 is 11.7. The Labute approximate surface area is 259 Å². The predicted octanol–water partition coefficient (Wildman–Crippen LogP) is 7.37. The van der Waals surface area contributed by atoms with Gasteiger partial charge in [0.05, 0.1) is 31.0 Å². The van der Waals surface area contributed by atoms with Gasteiger partial charge in [0.2, 0.25) is 0 Å². The van der Waals surface area contributed by atoms with Gasteiger partial charge in [-0.25, -0.2) is 9.59 Å². The van der Waals surface area contributed by atoms with Crippen LogP contribution < -0.4 is 11.1 Å². The second kappa shape index (κ2) is 17.0. The molecule has 41 heavy (non-hydrogen) atoms. The van der Waals surface area contributed by atoms with Gasteiger partial charge in [-0.1, -0.05) is 80.4 Å². The lowest BCUT2D eigenvalue weighted by Crippen LogP contribution is -2.15. The summed E-state index contributed by atoms with van der Waals surface area (Å²) < 4.78 is 10.8. The van der Waals surface area contributed by atoms with Crippen LogP contribution in [0.25, 0.3) is 0 Å². The van der Waals surface area contributed by atoms with E-state index in [1.165, 1.54) is 14.2 Å². The number of amides is 1. The average molecular weight is 705 g/mol. The van der Waals surface area contributed by atoms with E-state index in [0.717, 1.165) is 8.95 Å². The molecule has 4 aromatic rings. The standard InChI is InChI=1S/C15H12BrNO3.C8H8BrNO2.C7H5ClO/c1-20-15(19)12-9-11(16)7-8-13(12)17-14(18)10-5-3-2-4-6-10;1-12-8(11)6-4-5(9)2-3-7(6)10;8-7(9)6-4-2-1-3-5-6/h2-9H,1H3,(H,17,18);2-4H,10H2,1H3;1-5H. The van der Waals surface area contributed by atoms with Crippen LogP contribution in [0, 0.1) is 0 Å². The maximum atomic E-state index is 12.1. The number of esters is 2. The van der Waals surface area contributed by atoms with E-state index in [9.17, 15) is 19.2 Å². The van der Waals surface area contributed by atoms with Gasteiger partial charge >= 0.3 is 11.9 Å². The summed E-state index contributed by atoms with van der Waals surface area (Å²) in [6.07, 6.45) is 0. The van der Waals surface area contributed by atoms with Gasteiger partial charge < -0.3 is 20.5 Å². The van der Waals surface area contributed by atoms with Crippen LogP contribution in [-0.4, -0.2) is 37.3 Å². The van der Waals surface area contributed by atoms with Gasteiger partial charge in [-0.3, -0.25) is 9.59 Å². The molecule has 0 fully saturated rings. The van der Waals surface area contributed by atoms with Crippen molar-refractivity contribution in [2.45, 2.75) is 0 Å². The molecule has 0 aromatic heterocycles. The zero-order valence-corrected chi connectivity index (χ0v) is 25.8. The molecular formula is C30H25Br2ClN2O6. The van der Waals surface area contributed by atoms with Crippen molar-refractivity contribution in [1.82, 2.24) is 0 Å². The van der Waals surface area contributed by atoms with Gasteiger partial charge in [0.15, 0.2) is 0 Å². The van der Waals surface area contributed by atoms with Crippen molar-refractivity contribution in [3.05, 3.63) is 128 Å². The van der Waals surface area contributed by atoms with Crippen molar-refractivity contribution in [3.8, 4) is 0 Å². The Bertz CT molecular complexity index is 1500. The minimum atomic E-state index is -0.505. The Kier molecular flexibility index (Phi) is 13.7. The molecule has 0 aliphatic carbocycles. The van der Waals surface area contributed by atoms with Gasteiger partial charge in [0.1, 0.15) is 0 Å². The minimum Gasteiger partial charge on any atom is -0.465 e. The van der Waals surface area contributed by atoms with Crippen LogP contribution in [0.1, 0.15) is 41.4 Å². The zero-order valence-electron chi connectivity index (χ0n) is 21.9. The number of hydrogen-bond donors (Lipinski definition) is 2. The molecular weight excluding hydrogens is 680 g/mol. The maximum absolute atomic E-state index is 12.1. The van der Waals surface area contributed by atoms with E-state index in [1.807, 2.05) is 12.1 Å². The van der Waals surface area contributed by atoms with Crippen LogP contribution in [0.5, 0.6) is 0 Å². The Balaban J connectivity index is 0.000000237. The highest BCUT2D eigenvalue weighted by molar-refractivity contribution is 9.10. The van der Waals surface area contributed by atoms with Gasteiger partial charge in [-0.15, -0.1) is 0 Å². The SMILES string of the molecule is COC(=O)c1cc(Br)ccc1N.COC(=O)c1cc(Br)ccc1NC(=O)c1ccccc1.O=C(Cl)c1ccccc1. The van der Waals surface area contributed by atoms with Crippen molar-refractivity contribution in [2.24, 2.45) is 0 Å². The molecule has 0 radical (unpaired) electrons. The number of ether oxygens (including phenoxy) is 2. The first-order valence-electron chi connectivity index (χ1n) is 11.7. The highest BCUT2D eigenvalue weighted by Gasteiger charge is 2.15. The summed E-state index contributed by atoms with van der Waals surface area (Å²) in [5, 5.41) is 2.30. The number of nitrogens with two attached hydrogens (primary N) is 1. The van der Waals surface area contributed by atoms with Gasteiger partial charge in [0, 0.05) is 25.8 Å². The lowest BCUT2D eigenvalue weighted by atomic mass is 10.1. The quantitative estimate of drug-likeness (QED) is 0.126. The highest BCUT2D eigenvalue weighted by atomic mass is 79.9. The fraction of sp³-hybridized carbons (Fsp3) is 0.0667. The van der Waals surface area contributed by atoms with Crippen molar-refractivity contribution >= 4 is 77.9 Å². The van der Waals surface area contributed by atoms with Crippen molar-refractivity contribution in [2.75, 3.05) is 25.3 Å². The molecule has 0 saturated heterocycles. The number of nitrogens with one attached hydrogen (secondary N) is 1. The summed E-state index contributed by atoms with van der Waals surface area (Å²) in [6, 6.07) is 27.6. The number of methoxy groups -OCH3 is 2. The molecule has 0 unspecified atom stereocenters. The second-order valence-electron chi connectivity index (χ2n) is 7.86. The number of hydrogen-bond acceptors (Lipinski definition) is 7. The van der Waals surface area contributed by atoms with Gasteiger partial charge in [-0.2, -0.15) is 0 Å². The number of anilines is 2. The largest absolute Gasteiger partial charge is 0.465 e. The Morgan fingerprint density at radius 2 is 1.15 bits per heavy atom. The molecule has 0 saturated carbocycles. The van der Waals surface area contributed by atoms with Crippen molar-refractivity contribution < 1.29 is 28.7 Å². The molecule has 0 atom stereocenters. The number of rotatable bonds is 5. The third-order valence-electron chi connectivity index (χ3n) is 5.09. The molecule has 0 heterocycles. The number of halogens is 3. The average Bonchev–Trinajstić information content (AvgIpc) is 3.00. The van der Waals surface area contributed by atoms with Crippen molar-refractivity contribution in [1.29, 1.82) is 0 Å². The highest BCUT2D eigenvalue weighted by Crippen LogP contribution is 2.23. The van der Waals surface area contributed by atoms with E-state index in [-0.39, 0.29) is 5.91 Å². The molecule has 4 aromatic carbocycles. The lowest BCUT2D eigenvalue weighted by molar-refractivity contribution is 0.0592. The third-order valence-corrected chi connectivity index (χ3v) is 6.30. The van der Waals surface area contributed by atoms with Crippen LogP contribution in [0.2, 0.25) is 0 Å². The first-order valence-corrected chi connectivity index (χ1v) is 13.7. The fourth-order valence-electron chi connectivity index (χ4n) is 3.07. The Morgan fingerprint density at radius 1 is 0.683 bits per heavy atom.